The average molecular weight is 196 g/mol. The van der Waals surface area contributed by atoms with Gasteiger partial charge in [-0.05, 0) is 12.1 Å². The number of primary amides is 1. The van der Waals surface area contributed by atoms with E-state index in [1.807, 2.05) is 0 Å². The van der Waals surface area contributed by atoms with Gasteiger partial charge in [0, 0.05) is 6.07 Å². The van der Waals surface area contributed by atoms with Gasteiger partial charge in [0.05, 0.1) is 10.6 Å². The molecule has 0 aromatic heterocycles. The maximum atomic E-state index is 10.8. The summed E-state index contributed by atoms with van der Waals surface area (Å²) in [7, 11) is 0. The first kappa shape index (κ1) is 9.93. The van der Waals surface area contributed by atoms with Gasteiger partial charge in [0.2, 0.25) is 0 Å². The zero-order valence-electron chi connectivity index (χ0n) is 7.06. The van der Waals surface area contributed by atoms with Gasteiger partial charge in [0.15, 0.2) is 0 Å². The Hall–Kier alpha value is -2.15. The van der Waals surface area contributed by atoms with Crippen LogP contribution in [0.1, 0.15) is 10.4 Å². The third-order valence-electron chi connectivity index (χ3n) is 1.63. The molecule has 0 aliphatic carbocycles. The van der Waals surface area contributed by atoms with Crippen LogP contribution >= 0.6 is 0 Å². The van der Waals surface area contributed by atoms with E-state index < -0.39 is 10.8 Å². The number of rotatable bonds is 3. The molecule has 0 bridgehead atoms. The lowest BCUT2D eigenvalue weighted by molar-refractivity contribution is -0.385. The lowest BCUT2D eigenvalue weighted by Gasteiger charge is -2.02. The van der Waals surface area contributed by atoms with Gasteiger partial charge < -0.3 is 11.2 Å². The molecule has 7 heteroatoms. The highest BCUT2D eigenvalue weighted by Gasteiger charge is 2.18. The maximum absolute atomic E-state index is 10.8. The summed E-state index contributed by atoms with van der Waals surface area (Å²) in [5.41, 5.74) is 7.00. The quantitative estimate of drug-likeness (QED) is 0.356. The second kappa shape index (κ2) is 3.71. The fourth-order valence-electron chi connectivity index (χ4n) is 0.981. The predicted octanol–water partition coefficient (Wildman–Crippen LogP) is -0.0207. The van der Waals surface area contributed by atoms with Gasteiger partial charge in [0.25, 0.3) is 11.6 Å². The van der Waals surface area contributed by atoms with Crippen molar-refractivity contribution in [2.24, 2.45) is 11.6 Å². The molecule has 0 spiro atoms. The topological polar surface area (TPSA) is 124 Å². The van der Waals surface area contributed by atoms with Crippen molar-refractivity contribution in [1.82, 2.24) is 0 Å². The number of nitro groups is 1. The molecule has 0 unspecified atom stereocenters. The molecule has 0 atom stereocenters. The van der Waals surface area contributed by atoms with Crippen LogP contribution in [0.4, 0.5) is 11.4 Å². The lowest BCUT2D eigenvalue weighted by Crippen LogP contribution is -2.14. The van der Waals surface area contributed by atoms with E-state index in [9.17, 15) is 14.9 Å². The number of carbonyl (C=O) groups is 1. The first-order valence-electron chi connectivity index (χ1n) is 3.61. The zero-order valence-corrected chi connectivity index (χ0v) is 7.06. The number of hydrazine groups is 1. The Morgan fingerprint density at radius 2 is 2.14 bits per heavy atom. The second-order valence-corrected chi connectivity index (χ2v) is 2.50. The van der Waals surface area contributed by atoms with Crippen LogP contribution in [0.25, 0.3) is 0 Å². The molecule has 5 N–H and O–H groups in total. The van der Waals surface area contributed by atoms with Crippen molar-refractivity contribution in [1.29, 1.82) is 0 Å². The van der Waals surface area contributed by atoms with E-state index in [4.69, 9.17) is 11.6 Å². The van der Waals surface area contributed by atoms with E-state index in [1.165, 1.54) is 12.1 Å². The van der Waals surface area contributed by atoms with Crippen molar-refractivity contribution in [3.63, 3.8) is 0 Å². The number of carbonyl (C=O) groups excluding carboxylic acids is 1. The summed E-state index contributed by atoms with van der Waals surface area (Å²) < 4.78 is 0. The number of benzene rings is 1. The van der Waals surface area contributed by atoms with Crippen LogP contribution in [0, 0.1) is 10.1 Å². The SMILES string of the molecule is NNc1ccc(C(N)=O)c([N+](=O)[O-])c1. The van der Waals surface area contributed by atoms with Gasteiger partial charge in [-0.15, -0.1) is 0 Å². The minimum Gasteiger partial charge on any atom is -0.365 e. The molecule has 1 amide bonds. The number of nitrogens with two attached hydrogens (primary N) is 2. The summed E-state index contributed by atoms with van der Waals surface area (Å²) in [5.74, 6) is 4.21. The Morgan fingerprint density at radius 3 is 2.57 bits per heavy atom. The van der Waals surface area contributed by atoms with Gasteiger partial charge in [-0.3, -0.25) is 20.8 Å². The number of hydrogen-bond acceptors (Lipinski definition) is 5. The van der Waals surface area contributed by atoms with E-state index in [0.717, 1.165) is 6.07 Å². The van der Waals surface area contributed by atoms with Crippen LogP contribution in [0.5, 0.6) is 0 Å². The highest BCUT2D eigenvalue weighted by Crippen LogP contribution is 2.21. The summed E-state index contributed by atoms with van der Waals surface area (Å²) in [5, 5.41) is 10.5. The molecule has 1 aromatic rings. The highest BCUT2D eigenvalue weighted by molar-refractivity contribution is 5.97. The molecule has 1 rings (SSSR count). The summed E-state index contributed by atoms with van der Waals surface area (Å²) in [4.78, 5) is 20.6. The predicted molar refractivity (Wildman–Crippen MR) is 49.4 cm³/mol. The van der Waals surface area contributed by atoms with Crippen LogP contribution in [0.15, 0.2) is 18.2 Å². The standard InChI is InChI=1S/C7H8N4O3/c8-7(12)5-2-1-4(10-9)3-6(5)11(13)14/h1-3,10H,9H2,(H2,8,12). The number of nitro benzene ring substituents is 1. The van der Waals surface area contributed by atoms with E-state index in [2.05, 4.69) is 5.43 Å². The van der Waals surface area contributed by atoms with Gasteiger partial charge in [-0.1, -0.05) is 0 Å². The van der Waals surface area contributed by atoms with Crippen LogP contribution in [-0.2, 0) is 0 Å². The van der Waals surface area contributed by atoms with Crippen molar-refractivity contribution in [3.8, 4) is 0 Å². The molecule has 0 fully saturated rings. The fraction of sp³-hybridized carbons (Fsp3) is 0. The second-order valence-electron chi connectivity index (χ2n) is 2.50. The van der Waals surface area contributed by atoms with Crippen LogP contribution in [0.2, 0.25) is 0 Å². The van der Waals surface area contributed by atoms with Crippen molar-refractivity contribution in [3.05, 3.63) is 33.9 Å². The first-order valence-corrected chi connectivity index (χ1v) is 3.61. The minimum absolute atomic E-state index is 0.144. The van der Waals surface area contributed by atoms with Crippen molar-refractivity contribution in [2.45, 2.75) is 0 Å². The summed E-state index contributed by atoms with van der Waals surface area (Å²) in [6, 6.07) is 3.81. The Morgan fingerprint density at radius 1 is 1.50 bits per heavy atom. The molecular weight excluding hydrogens is 188 g/mol. The molecule has 14 heavy (non-hydrogen) atoms. The van der Waals surface area contributed by atoms with Crippen LogP contribution in [-0.4, -0.2) is 10.8 Å². The smallest absolute Gasteiger partial charge is 0.284 e. The van der Waals surface area contributed by atoms with E-state index in [1.54, 1.807) is 0 Å². The molecule has 74 valence electrons. The Balaban J connectivity index is 3.31. The molecule has 0 saturated carbocycles. The molecule has 7 nitrogen and oxygen atoms in total. The molecule has 0 aliphatic heterocycles. The van der Waals surface area contributed by atoms with Gasteiger partial charge >= 0.3 is 0 Å². The summed E-state index contributed by atoms with van der Waals surface area (Å²) >= 11 is 0. The number of nitrogens with zero attached hydrogens (tertiary/aromatic N) is 1. The number of nitrogens with one attached hydrogen (secondary N) is 1. The zero-order chi connectivity index (χ0) is 10.7. The highest BCUT2D eigenvalue weighted by atomic mass is 16.6. The number of hydrogen-bond donors (Lipinski definition) is 3. The summed E-state index contributed by atoms with van der Waals surface area (Å²) in [6.45, 7) is 0. The van der Waals surface area contributed by atoms with E-state index >= 15 is 0 Å². The van der Waals surface area contributed by atoms with Gasteiger partial charge in [-0.2, -0.15) is 0 Å². The largest absolute Gasteiger partial charge is 0.365 e. The Labute approximate surface area is 78.8 Å². The van der Waals surface area contributed by atoms with Crippen LogP contribution < -0.4 is 17.0 Å². The van der Waals surface area contributed by atoms with Crippen LogP contribution in [0.3, 0.4) is 0 Å². The van der Waals surface area contributed by atoms with Gasteiger partial charge in [0.1, 0.15) is 5.56 Å². The average Bonchev–Trinajstić information content (AvgIpc) is 2.16. The Bertz CT molecular complexity index is 391. The van der Waals surface area contributed by atoms with Crippen molar-refractivity contribution in [2.75, 3.05) is 5.43 Å². The molecule has 0 radical (unpaired) electrons. The van der Waals surface area contributed by atoms with Crippen molar-refractivity contribution >= 4 is 17.3 Å². The minimum atomic E-state index is -0.847. The monoisotopic (exact) mass is 196 g/mol. The van der Waals surface area contributed by atoms with E-state index in [0.29, 0.717) is 5.69 Å². The molecule has 0 aliphatic rings. The molecule has 0 heterocycles. The third kappa shape index (κ3) is 1.77. The third-order valence-corrected chi connectivity index (χ3v) is 1.63. The normalized spacial score (nSPS) is 9.50. The first-order chi connectivity index (χ1) is 6.56. The van der Waals surface area contributed by atoms with E-state index in [-0.39, 0.29) is 11.3 Å². The van der Waals surface area contributed by atoms with Crippen molar-refractivity contribution < 1.29 is 9.72 Å². The maximum Gasteiger partial charge on any atom is 0.284 e. The lowest BCUT2D eigenvalue weighted by atomic mass is 10.1. The molecule has 1 aromatic carbocycles. The number of amides is 1. The number of anilines is 1. The number of nitrogen functional groups attached to an aromatic ring is 1. The van der Waals surface area contributed by atoms with Gasteiger partial charge in [-0.25, -0.2) is 0 Å². The Kier molecular flexibility index (Phi) is 2.63. The fourth-order valence-corrected chi connectivity index (χ4v) is 0.981. The summed E-state index contributed by atoms with van der Waals surface area (Å²) in [6.07, 6.45) is 0. The molecular formula is C7H8N4O3. The molecule has 0 saturated heterocycles.